The van der Waals surface area contributed by atoms with Crippen molar-refractivity contribution in [3.05, 3.63) is 28.2 Å². The van der Waals surface area contributed by atoms with Crippen molar-refractivity contribution in [1.29, 1.82) is 0 Å². The molecular weight excluding hydrogens is 332 g/mol. The minimum Gasteiger partial charge on any atom is -0.493 e. The summed E-state index contributed by atoms with van der Waals surface area (Å²) in [5.74, 6) is 1.74. The molecule has 3 heteroatoms. The van der Waals surface area contributed by atoms with Gasteiger partial charge in [-0.1, -0.05) is 45.7 Å². The third-order valence-corrected chi connectivity index (χ3v) is 3.45. The number of halogens is 2. The van der Waals surface area contributed by atoms with Gasteiger partial charge in [0.25, 0.3) is 0 Å². The van der Waals surface area contributed by atoms with Crippen molar-refractivity contribution in [2.45, 2.75) is 32.0 Å². The fourth-order valence-corrected chi connectivity index (χ4v) is 2.31. The Labute approximate surface area is 115 Å². The molecule has 16 heavy (non-hydrogen) atoms. The highest BCUT2D eigenvalue weighted by atomic mass is 79.9. The van der Waals surface area contributed by atoms with Crippen molar-refractivity contribution in [3.8, 4) is 5.75 Å². The van der Waals surface area contributed by atoms with Gasteiger partial charge in [0.2, 0.25) is 0 Å². The summed E-state index contributed by atoms with van der Waals surface area (Å²) in [6, 6.07) is 6.13. The fraction of sp³-hybridized carbons (Fsp3) is 0.538. The largest absolute Gasteiger partial charge is 0.493 e. The van der Waals surface area contributed by atoms with Crippen molar-refractivity contribution in [3.63, 3.8) is 0 Å². The zero-order valence-corrected chi connectivity index (χ0v) is 13.0. The predicted octanol–water partition coefficient (Wildman–Crippen LogP) is 5.16. The van der Waals surface area contributed by atoms with Crippen LogP contribution in [0.2, 0.25) is 0 Å². The van der Waals surface area contributed by atoms with Crippen LogP contribution in [0.1, 0.15) is 32.3 Å². The van der Waals surface area contributed by atoms with Gasteiger partial charge in [-0.15, -0.1) is 0 Å². The Hall–Kier alpha value is -0.0200. The third-order valence-electron chi connectivity index (χ3n) is 2.35. The molecular formula is C13H18Br2O. The Bertz CT molecular complexity index is 324. The standard InChI is InChI=1S/C13H18Br2O/c1-10(2)4-3-7-16-13-6-5-12(15)8-11(13)9-14/h5-6,8,10H,3-4,7,9H2,1-2H3. The molecule has 0 radical (unpaired) electrons. The van der Waals surface area contributed by atoms with E-state index in [9.17, 15) is 0 Å². The first-order chi connectivity index (χ1) is 7.63. The van der Waals surface area contributed by atoms with Crippen molar-refractivity contribution < 1.29 is 4.74 Å². The van der Waals surface area contributed by atoms with Crippen LogP contribution in [0, 0.1) is 5.92 Å². The summed E-state index contributed by atoms with van der Waals surface area (Å²) in [4.78, 5) is 0. The summed E-state index contributed by atoms with van der Waals surface area (Å²) in [6.45, 7) is 5.28. The minimum absolute atomic E-state index is 0.754. The lowest BCUT2D eigenvalue weighted by molar-refractivity contribution is 0.296. The number of alkyl halides is 1. The van der Waals surface area contributed by atoms with Gasteiger partial charge in [0.1, 0.15) is 5.75 Å². The molecule has 0 aliphatic rings. The van der Waals surface area contributed by atoms with E-state index in [0.29, 0.717) is 0 Å². The molecule has 0 bridgehead atoms. The van der Waals surface area contributed by atoms with Crippen molar-refractivity contribution in [2.24, 2.45) is 5.92 Å². The zero-order chi connectivity index (χ0) is 12.0. The second kappa shape index (κ2) is 7.33. The van der Waals surface area contributed by atoms with Gasteiger partial charge in [0.05, 0.1) is 6.61 Å². The summed E-state index contributed by atoms with van der Waals surface area (Å²) < 4.78 is 6.88. The predicted molar refractivity (Wildman–Crippen MR) is 76.3 cm³/mol. The molecule has 0 saturated heterocycles. The van der Waals surface area contributed by atoms with Crippen LogP contribution < -0.4 is 4.74 Å². The van der Waals surface area contributed by atoms with E-state index in [1.54, 1.807) is 0 Å². The van der Waals surface area contributed by atoms with Gasteiger partial charge in [0, 0.05) is 15.4 Å². The molecule has 0 amide bonds. The molecule has 0 spiro atoms. The maximum atomic E-state index is 5.78. The van der Waals surface area contributed by atoms with E-state index in [2.05, 4.69) is 51.8 Å². The SMILES string of the molecule is CC(C)CCCOc1ccc(Br)cc1CBr. The lowest BCUT2D eigenvalue weighted by atomic mass is 10.1. The number of benzene rings is 1. The van der Waals surface area contributed by atoms with Gasteiger partial charge in [-0.05, 0) is 37.0 Å². The Morgan fingerprint density at radius 2 is 2.06 bits per heavy atom. The Morgan fingerprint density at radius 1 is 1.31 bits per heavy atom. The molecule has 0 aromatic heterocycles. The first-order valence-electron chi connectivity index (χ1n) is 5.60. The maximum absolute atomic E-state index is 5.78. The molecule has 90 valence electrons. The van der Waals surface area contributed by atoms with Crippen molar-refractivity contribution >= 4 is 31.9 Å². The van der Waals surface area contributed by atoms with E-state index < -0.39 is 0 Å². The van der Waals surface area contributed by atoms with Crippen LogP contribution in [0.4, 0.5) is 0 Å². The number of rotatable bonds is 6. The first kappa shape index (κ1) is 14.0. The van der Waals surface area contributed by atoms with Crippen LogP contribution in [0.15, 0.2) is 22.7 Å². The van der Waals surface area contributed by atoms with Crippen LogP contribution in [0.25, 0.3) is 0 Å². The lowest BCUT2D eigenvalue weighted by Crippen LogP contribution is -2.01. The average molecular weight is 350 g/mol. The van der Waals surface area contributed by atoms with Gasteiger partial charge in [-0.2, -0.15) is 0 Å². The van der Waals surface area contributed by atoms with E-state index in [1.807, 2.05) is 12.1 Å². The molecule has 1 rings (SSSR count). The van der Waals surface area contributed by atoms with Crippen LogP contribution in [0.3, 0.4) is 0 Å². The highest BCUT2D eigenvalue weighted by molar-refractivity contribution is 9.10. The van der Waals surface area contributed by atoms with E-state index in [0.717, 1.165) is 34.5 Å². The number of ether oxygens (including phenoxy) is 1. The first-order valence-corrected chi connectivity index (χ1v) is 7.52. The molecule has 0 unspecified atom stereocenters. The molecule has 0 saturated carbocycles. The molecule has 0 aliphatic heterocycles. The minimum atomic E-state index is 0.754. The Morgan fingerprint density at radius 3 is 2.69 bits per heavy atom. The van der Waals surface area contributed by atoms with Crippen molar-refractivity contribution in [1.82, 2.24) is 0 Å². The van der Waals surface area contributed by atoms with Gasteiger partial charge in [-0.3, -0.25) is 0 Å². The smallest absolute Gasteiger partial charge is 0.123 e. The lowest BCUT2D eigenvalue weighted by Gasteiger charge is -2.11. The van der Waals surface area contributed by atoms with E-state index in [4.69, 9.17) is 4.74 Å². The second-order valence-corrected chi connectivity index (χ2v) is 5.75. The highest BCUT2D eigenvalue weighted by Crippen LogP contribution is 2.25. The monoisotopic (exact) mass is 348 g/mol. The molecule has 0 atom stereocenters. The van der Waals surface area contributed by atoms with Gasteiger partial charge >= 0.3 is 0 Å². The maximum Gasteiger partial charge on any atom is 0.123 e. The van der Waals surface area contributed by atoms with E-state index in [-0.39, 0.29) is 0 Å². The topological polar surface area (TPSA) is 9.23 Å². The second-order valence-electron chi connectivity index (χ2n) is 4.27. The molecule has 1 aromatic carbocycles. The molecule has 0 fully saturated rings. The number of hydrogen-bond acceptors (Lipinski definition) is 1. The van der Waals surface area contributed by atoms with Crippen LogP contribution >= 0.6 is 31.9 Å². The average Bonchev–Trinajstić information content (AvgIpc) is 2.25. The van der Waals surface area contributed by atoms with E-state index in [1.165, 1.54) is 12.0 Å². The van der Waals surface area contributed by atoms with E-state index >= 15 is 0 Å². The summed E-state index contributed by atoms with van der Waals surface area (Å²) >= 11 is 6.94. The summed E-state index contributed by atoms with van der Waals surface area (Å²) in [5.41, 5.74) is 1.19. The van der Waals surface area contributed by atoms with Crippen LogP contribution in [-0.2, 0) is 5.33 Å². The van der Waals surface area contributed by atoms with Gasteiger partial charge in [-0.25, -0.2) is 0 Å². The van der Waals surface area contributed by atoms with Crippen molar-refractivity contribution in [2.75, 3.05) is 6.61 Å². The normalized spacial score (nSPS) is 10.8. The summed E-state index contributed by atoms with van der Waals surface area (Å²) in [7, 11) is 0. The quantitative estimate of drug-likeness (QED) is 0.509. The molecule has 1 aromatic rings. The highest BCUT2D eigenvalue weighted by Gasteiger charge is 2.03. The fourth-order valence-electron chi connectivity index (χ4n) is 1.47. The molecule has 1 nitrogen and oxygen atoms in total. The molecule has 0 N–H and O–H groups in total. The molecule has 0 heterocycles. The zero-order valence-electron chi connectivity index (χ0n) is 9.80. The van der Waals surface area contributed by atoms with Gasteiger partial charge in [0.15, 0.2) is 0 Å². The number of hydrogen-bond donors (Lipinski definition) is 0. The Kier molecular flexibility index (Phi) is 6.44. The van der Waals surface area contributed by atoms with Gasteiger partial charge < -0.3 is 4.74 Å². The Balaban J connectivity index is 2.47. The summed E-state index contributed by atoms with van der Waals surface area (Å²) in [6.07, 6.45) is 2.34. The van der Waals surface area contributed by atoms with Crippen LogP contribution in [-0.4, -0.2) is 6.61 Å². The van der Waals surface area contributed by atoms with Crippen LogP contribution in [0.5, 0.6) is 5.75 Å². The summed E-state index contributed by atoms with van der Waals surface area (Å²) in [5, 5.41) is 0.825. The third kappa shape index (κ3) is 4.88. The molecule has 0 aliphatic carbocycles.